The quantitative estimate of drug-likeness (QED) is 0.682. The highest BCUT2D eigenvalue weighted by molar-refractivity contribution is 5.87. The number of halogens is 1. The van der Waals surface area contributed by atoms with Crippen LogP contribution in [0.2, 0.25) is 0 Å². The molecule has 0 bridgehead atoms. The molecule has 3 aromatic rings. The van der Waals surface area contributed by atoms with Crippen molar-refractivity contribution in [2.24, 2.45) is 17.1 Å². The molecule has 0 unspecified atom stereocenters. The minimum Gasteiger partial charge on any atom is -0.369 e. The number of imidazole rings is 1. The molecule has 1 aliphatic carbocycles. The molecule has 0 radical (unpaired) electrons. The molecule has 0 atom stereocenters. The van der Waals surface area contributed by atoms with E-state index >= 15 is 0 Å². The molecule has 2 N–H and O–H groups in total. The molecule has 3 heterocycles. The highest BCUT2D eigenvalue weighted by Crippen LogP contribution is 2.45. The Morgan fingerprint density at radius 2 is 1.87 bits per heavy atom. The van der Waals surface area contributed by atoms with Gasteiger partial charge in [-0.05, 0) is 54.4 Å². The number of nitrogens with zero attached hydrogens (tertiary/aromatic N) is 4. The van der Waals surface area contributed by atoms with Gasteiger partial charge in [-0.1, -0.05) is 26.0 Å². The summed E-state index contributed by atoms with van der Waals surface area (Å²) >= 11 is 0. The number of carbonyl (C=O) groups is 1. The Hall–Kier alpha value is -2.78. The second kappa shape index (κ2) is 7.17. The number of fused-ring (bicyclic) bond motifs is 4. The number of amides is 1. The first-order valence-corrected chi connectivity index (χ1v) is 10.3. The van der Waals surface area contributed by atoms with E-state index in [0.29, 0.717) is 5.56 Å². The number of pyridine rings is 1. The summed E-state index contributed by atoms with van der Waals surface area (Å²) in [5.41, 5.74) is 11.5. The van der Waals surface area contributed by atoms with Crippen molar-refractivity contribution in [1.82, 2.24) is 9.38 Å². The van der Waals surface area contributed by atoms with Gasteiger partial charge in [-0.15, -0.1) is 12.4 Å². The van der Waals surface area contributed by atoms with Gasteiger partial charge in [0.1, 0.15) is 11.9 Å². The Balaban J connectivity index is 0.00000218. The Labute approximate surface area is 182 Å². The van der Waals surface area contributed by atoms with E-state index in [1.807, 2.05) is 18.2 Å². The lowest BCUT2D eigenvalue weighted by Gasteiger charge is -2.34. The van der Waals surface area contributed by atoms with E-state index in [1.165, 1.54) is 5.56 Å². The third-order valence-electron chi connectivity index (χ3n) is 6.55. The molecule has 1 fully saturated rings. The van der Waals surface area contributed by atoms with Crippen LogP contribution in [0, 0.1) is 22.7 Å². The van der Waals surface area contributed by atoms with E-state index in [4.69, 9.17) is 10.7 Å². The topological polar surface area (TPSA) is 87.4 Å². The molecule has 30 heavy (non-hydrogen) atoms. The summed E-state index contributed by atoms with van der Waals surface area (Å²) in [5, 5.41) is 10.0. The molecule has 156 valence electrons. The lowest BCUT2D eigenvalue weighted by atomic mass is 9.90. The van der Waals surface area contributed by atoms with Crippen molar-refractivity contribution in [1.29, 1.82) is 5.26 Å². The summed E-state index contributed by atoms with van der Waals surface area (Å²) in [7, 11) is 0. The number of hydrogen-bond acceptors (Lipinski definition) is 4. The molecule has 7 heteroatoms. The van der Waals surface area contributed by atoms with Gasteiger partial charge in [-0.2, -0.15) is 5.26 Å². The Bertz CT molecular complexity index is 1200. The normalized spacial score (nSPS) is 18.2. The van der Waals surface area contributed by atoms with Crippen LogP contribution in [0.4, 0.5) is 5.82 Å². The van der Waals surface area contributed by atoms with E-state index in [0.717, 1.165) is 66.8 Å². The fraction of sp³-hybridized carbons (Fsp3) is 0.435. The predicted molar refractivity (Wildman–Crippen MR) is 120 cm³/mol. The van der Waals surface area contributed by atoms with Crippen molar-refractivity contribution < 1.29 is 4.79 Å². The van der Waals surface area contributed by atoms with Crippen molar-refractivity contribution in [2.45, 2.75) is 39.5 Å². The third kappa shape index (κ3) is 3.00. The zero-order valence-electron chi connectivity index (χ0n) is 17.3. The maximum atomic E-state index is 11.7. The lowest BCUT2D eigenvalue weighted by molar-refractivity contribution is -0.122. The van der Waals surface area contributed by atoms with Crippen LogP contribution in [0.1, 0.15) is 43.4 Å². The van der Waals surface area contributed by atoms with Crippen LogP contribution in [0.5, 0.6) is 0 Å². The van der Waals surface area contributed by atoms with Gasteiger partial charge in [0.05, 0.1) is 16.6 Å². The van der Waals surface area contributed by atoms with Crippen LogP contribution < -0.4 is 10.6 Å². The maximum Gasteiger partial charge on any atom is 0.220 e. The van der Waals surface area contributed by atoms with Crippen molar-refractivity contribution in [3.63, 3.8) is 0 Å². The summed E-state index contributed by atoms with van der Waals surface area (Å²) < 4.78 is 2.18. The molecule has 1 aliphatic heterocycles. The van der Waals surface area contributed by atoms with Crippen molar-refractivity contribution in [3.8, 4) is 6.07 Å². The molecule has 2 aliphatic rings. The monoisotopic (exact) mass is 423 g/mol. The van der Waals surface area contributed by atoms with Gasteiger partial charge in [0.25, 0.3) is 0 Å². The number of nitrogens with two attached hydrogens (primary N) is 1. The first kappa shape index (κ1) is 20.5. The Morgan fingerprint density at radius 1 is 1.20 bits per heavy atom. The number of aromatic nitrogens is 2. The van der Waals surface area contributed by atoms with Crippen LogP contribution in [-0.2, 0) is 17.6 Å². The van der Waals surface area contributed by atoms with Crippen molar-refractivity contribution >= 4 is 40.8 Å². The minimum absolute atomic E-state index is 0. The third-order valence-corrected chi connectivity index (χ3v) is 6.55. The maximum absolute atomic E-state index is 11.7. The SMILES string of the molecule is CC1(C)Cc2c(c(N3CCC(C(N)=O)CC3)n3c(nc4ccccc43)c2C#N)C1.Cl. The second-order valence-electron chi connectivity index (χ2n) is 9.21. The number of piperidine rings is 1. The fourth-order valence-electron chi connectivity index (χ4n) is 5.19. The molecular weight excluding hydrogens is 398 g/mol. The zero-order valence-corrected chi connectivity index (χ0v) is 18.1. The van der Waals surface area contributed by atoms with Gasteiger partial charge in [-0.25, -0.2) is 4.98 Å². The molecular formula is C23H26ClN5O. The molecule has 2 aromatic heterocycles. The lowest BCUT2D eigenvalue weighted by Crippen LogP contribution is -2.39. The van der Waals surface area contributed by atoms with Crippen LogP contribution in [0.25, 0.3) is 16.7 Å². The highest BCUT2D eigenvalue weighted by Gasteiger charge is 2.37. The fourth-order valence-corrected chi connectivity index (χ4v) is 5.19. The van der Waals surface area contributed by atoms with Crippen molar-refractivity contribution in [2.75, 3.05) is 18.0 Å². The number of anilines is 1. The summed E-state index contributed by atoms with van der Waals surface area (Å²) in [5.74, 6) is 0.898. The standard InChI is InChI=1S/C23H25N5O.ClH/c1-23(2)11-15-16(12-23)22(27-9-7-14(8-10-27)20(25)29)28-19-6-4-3-5-18(19)26-21(28)17(15)13-24;/h3-6,14H,7-12H2,1-2H3,(H2,25,29);1H. The smallest absolute Gasteiger partial charge is 0.220 e. The molecule has 5 rings (SSSR count). The minimum atomic E-state index is -0.200. The van der Waals surface area contributed by atoms with Crippen LogP contribution >= 0.6 is 12.4 Å². The van der Waals surface area contributed by atoms with E-state index < -0.39 is 0 Å². The summed E-state index contributed by atoms with van der Waals surface area (Å²) in [4.78, 5) is 18.9. The van der Waals surface area contributed by atoms with E-state index in [9.17, 15) is 10.1 Å². The number of benzene rings is 1. The summed E-state index contributed by atoms with van der Waals surface area (Å²) in [6.07, 6.45) is 3.35. The number of para-hydroxylation sites is 2. The van der Waals surface area contributed by atoms with E-state index in [-0.39, 0.29) is 29.6 Å². The van der Waals surface area contributed by atoms with E-state index in [2.05, 4.69) is 35.3 Å². The number of nitriles is 1. The summed E-state index contributed by atoms with van der Waals surface area (Å²) in [6.45, 7) is 6.10. The van der Waals surface area contributed by atoms with Gasteiger partial charge in [0, 0.05) is 19.0 Å². The van der Waals surface area contributed by atoms with Gasteiger partial charge in [-0.3, -0.25) is 9.20 Å². The van der Waals surface area contributed by atoms with E-state index in [1.54, 1.807) is 0 Å². The average molecular weight is 424 g/mol. The number of rotatable bonds is 2. The number of carbonyl (C=O) groups excluding carboxylic acids is 1. The highest BCUT2D eigenvalue weighted by atomic mass is 35.5. The molecule has 1 amide bonds. The first-order valence-electron chi connectivity index (χ1n) is 10.3. The molecule has 0 spiro atoms. The molecule has 6 nitrogen and oxygen atoms in total. The molecule has 1 aromatic carbocycles. The van der Waals surface area contributed by atoms with Crippen molar-refractivity contribution in [3.05, 3.63) is 41.0 Å². The van der Waals surface area contributed by atoms with Crippen LogP contribution in [0.15, 0.2) is 24.3 Å². The van der Waals surface area contributed by atoms with Gasteiger partial charge in [0.2, 0.25) is 5.91 Å². The average Bonchev–Trinajstić information content (AvgIpc) is 3.22. The molecule has 1 saturated heterocycles. The van der Waals surface area contributed by atoms with Gasteiger partial charge in [0.15, 0.2) is 5.65 Å². The van der Waals surface area contributed by atoms with Gasteiger partial charge >= 0.3 is 0 Å². The molecule has 0 saturated carbocycles. The number of hydrogen-bond donors (Lipinski definition) is 1. The van der Waals surface area contributed by atoms with Gasteiger partial charge < -0.3 is 10.6 Å². The number of primary amides is 1. The predicted octanol–water partition coefficient (Wildman–Crippen LogP) is 3.61. The largest absolute Gasteiger partial charge is 0.369 e. The van der Waals surface area contributed by atoms with Crippen LogP contribution in [0.3, 0.4) is 0 Å². The second-order valence-corrected chi connectivity index (χ2v) is 9.21. The Kier molecular flexibility index (Phi) is 4.90. The first-order chi connectivity index (χ1) is 13.9. The zero-order chi connectivity index (χ0) is 20.3. The van der Waals surface area contributed by atoms with Crippen LogP contribution in [-0.4, -0.2) is 28.4 Å². The Morgan fingerprint density at radius 3 is 2.53 bits per heavy atom. The summed E-state index contributed by atoms with van der Waals surface area (Å²) in [6, 6.07) is 10.5.